The van der Waals surface area contributed by atoms with Crippen molar-refractivity contribution in [2.45, 2.75) is 79.1 Å². The molecule has 0 saturated heterocycles. The molecule has 96 valence electrons. The summed E-state index contributed by atoms with van der Waals surface area (Å²) in [5.74, 6) is 4.24. The van der Waals surface area contributed by atoms with E-state index in [-0.39, 0.29) is 7.43 Å². The van der Waals surface area contributed by atoms with Crippen LogP contribution in [0.3, 0.4) is 0 Å². The second kappa shape index (κ2) is 6.67. The summed E-state index contributed by atoms with van der Waals surface area (Å²) < 4.78 is 0. The van der Waals surface area contributed by atoms with Crippen LogP contribution in [-0.2, 0) is 0 Å². The van der Waals surface area contributed by atoms with Crippen molar-refractivity contribution in [3.8, 4) is 0 Å². The molecule has 0 atom stereocenters. The SMILES string of the molecule is C.CC1CCC(CC2CCC(C)CC2)CC1. The summed E-state index contributed by atoms with van der Waals surface area (Å²) in [5, 5.41) is 0. The molecule has 0 N–H and O–H groups in total. The molecule has 0 amide bonds. The van der Waals surface area contributed by atoms with Gasteiger partial charge in [0.15, 0.2) is 0 Å². The van der Waals surface area contributed by atoms with E-state index in [9.17, 15) is 0 Å². The van der Waals surface area contributed by atoms with Gasteiger partial charge in [0, 0.05) is 0 Å². The Hall–Kier alpha value is 0. The van der Waals surface area contributed by atoms with Crippen molar-refractivity contribution in [2.75, 3.05) is 0 Å². The molecule has 0 unspecified atom stereocenters. The lowest BCUT2D eigenvalue weighted by atomic mass is 9.74. The Morgan fingerprint density at radius 2 is 0.938 bits per heavy atom. The van der Waals surface area contributed by atoms with Gasteiger partial charge in [0.2, 0.25) is 0 Å². The van der Waals surface area contributed by atoms with Gasteiger partial charge < -0.3 is 0 Å². The molecule has 16 heavy (non-hydrogen) atoms. The lowest BCUT2D eigenvalue weighted by Gasteiger charge is -2.32. The van der Waals surface area contributed by atoms with Gasteiger partial charge in [-0.1, -0.05) is 72.6 Å². The Kier molecular flexibility index (Phi) is 5.86. The Bertz CT molecular complexity index is 148. The predicted molar refractivity (Wildman–Crippen MR) is 73.6 cm³/mol. The molecule has 0 heteroatoms. The van der Waals surface area contributed by atoms with Crippen molar-refractivity contribution < 1.29 is 0 Å². The fourth-order valence-electron chi connectivity index (χ4n) is 3.60. The molecule has 0 nitrogen and oxygen atoms in total. The third-order valence-electron chi connectivity index (χ3n) is 4.94. The first-order chi connectivity index (χ1) is 7.24. The molecule has 0 aliphatic heterocycles. The van der Waals surface area contributed by atoms with Gasteiger partial charge in [-0.15, -0.1) is 0 Å². The molecular weight excluding hydrogens is 192 g/mol. The van der Waals surface area contributed by atoms with Gasteiger partial charge >= 0.3 is 0 Å². The predicted octanol–water partition coefficient (Wildman–Crippen LogP) is 5.67. The van der Waals surface area contributed by atoms with Crippen molar-refractivity contribution in [1.29, 1.82) is 0 Å². The molecule has 0 bridgehead atoms. The largest absolute Gasteiger partial charge is 0.0776 e. The molecule has 0 aromatic heterocycles. The Morgan fingerprint density at radius 3 is 1.25 bits per heavy atom. The van der Waals surface area contributed by atoms with Crippen molar-refractivity contribution in [1.82, 2.24) is 0 Å². The lowest BCUT2D eigenvalue weighted by molar-refractivity contribution is 0.201. The van der Waals surface area contributed by atoms with Crippen LogP contribution in [0.2, 0.25) is 0 Å². The third kappa shape index (κ3) is 4.11. The fourth-order valence-corrected chi connectivity index (χ4v) is 3.60. The molecule has 2 aliphatic carbocycles. The van der Waals surface area contributed by atoms with E-state index in [2.05, 4.69) is 13.8 Å². The second-order valence-corrected chi connectivity index (χ2v) is 6.49. The molecule has 2 rings (SSSR count). The molecule has 0 spiro atoms. The highest BCUT2D eigenvalue weighted by molar-refractivity contribution is 4.76. The summed E-state index contributed by atoms with van der Waals surface area (Å²) in [5.41, 5.74) is 0. The van der Waals surface area contributed by atoms with Crippen molar-refractivity contribution >= 4 is 0 Å². The third-order valence-corrected chi connectivity index (χ3v) is 4.94. The van der Waals surface area contributed by atoms with Gasteiger partial charge in [0.1, 0.15) is 0 Å². The van der Waals surface area contributed by atoms with Gasteiger partial charge in [0.05, 0.1) is 0 Å². The summed E-state index contributed by atoms with van der Waals surface area (Å²) in [6.45, 7) is 4.86. The summed E-state index contributed by atoms with van der Waals surface area (Å²) in [6.07, 6.45) is 13.7. The quantitative estimate of drug-likeness (QED) is 0.567. The zero-order valence-electron chi connectivity index (χ0n) is 10.7. The monoisotopic (exact) mass is 224 g/mol. The summed E-state index contributed by atoms with van der Waals surface area (Å²) in [4.78, 5) is 0. The molecule has 0 aromatic rings. The minimum absolute atomic E-state index is 0. The molecule has 0 heterocycles. The normalized spacial score (nSPS) is 40.1. The van der Waals surface area contributed by atoms with Crippen molar-refractivity contribution in [3.63, 3.8) is 0 Å². The molecule has 2 fully saturated rings. The van der Waals surface area contributed by atoms with Gasteiger partial charge in [-0.3, -0.25) is 0 Å². The topological polar surface area (TPSA) is 0 Å². The maximum absolute atomic E-state index is 2.43. The van der Waals surface area contributed by atoms with Crippen molar-refractivity contribution in [2.24, 2.45) is 23.7 Å². The van der Waals surface area contributed by atoms with Crippen LogP contribution in [0.4, 0.5) is 0 Å². The highest BCUT2D eigenvalue weighted by Gasteiger charge is 2.24. The van der Waals surface area contributed by atoms with E-state index in [1.54, 1.807) is 6.42 Å². The molecule has 0 aromatic carbocycles. The van der Waals surface area contributed by atoms with E-state index in [1.165, 1.54) is 51.4 Å². The molecular formula is C16H32. The maximum Gasteiger partial charge on any atom is -0.0411 e. The average Bonchev–Trinajstić information content (AvgIpc) is 2.25. The van der Waals surface area contributed by atoms with E-state index < -0.39 is 0 Å². The van der Waals surface area contributed by atoms with Gasteiger partial charge in [-0.05, 0) is 30.1 Å². The summed E-state index contributed by atoms with van der Waals surface area (Å²) >= 11 is 0. The van der Waals surface area contributed by atoms with Crippen LogP contribution in [0.1, 0.15) is 79.1 Å². The zero-order valence-corrected chi connectivity index (χ0v) is 10.7. The first kappa shape index (κ1) is 14.1. The van der Waals surface area contributed by atoms with Crippen LogP contribution in [0.15, 0.2) is 0 Å². The van der Waals surface area contributed by atoms with E-state index in [1.807, 2.05) is 0 Å². The van der Waals surface area contributed by atoms with Crippen LogP contribution in [0.5, 0.6) is 0 Å². The average molecular weight is 224 g/mol. The van der Waals surface area contributed by atoms with Gasteiger partial charge in [-0.25, -0.2) is 0 Å². The van der Waals surface area contributed by atoms with Gasteiger partial charge in [-0.2, -0.15) is 0 Å². The zero-order chi connectivity index (χ0) is 10.7. The lowest BCUT2D eigenvalue weighted by Crippen LogP contribution is -2.19. The van der Waals surface area contributed by atoms with Crippen LogP contribution in [0, 0.1) is 23.7 Å². The first-order valence-corrected chi connectivity index (χ1v) is 7.24. The maximum atomic E-state index is 2.43. The Morgan fingerprint density at radius 1 is 0.625 bits per heavy atom. The van der Waals surface area contributed by atoms with Crippen LogP contribution >= 0.6 is 0 Å². The van der Waals surface area contributed by atoms with Crippen LogP contribution in [0.25, 0.3) is 0 Å². The van der Waals surface area contributed by atoms with Crippen LogP contribution < -0.4 is 0 Å². The highest BCUT2D eigenvalue weighted by atomic mass is 14.3. The smallest absolute Gasteiger partial charge is 0.0411 e. The molecule has 0 radical (unpaired) electrons. The second-order valence-electron chi connectivity index (χ2n) is 6.49. The van der Waals surface area contributed by atoms with Gasteiger partial charge in [0.25, 0.3) is 0 Å². The minimum atomic E-state index is 0. The van der Waals surface area contributed by atoms with E-state index >= 15 is 0 Å². The van der Waals surface area contributed by atoms with E-state index in [4.69, 9.17) is 0 Å². The van der Waals surface area contributed by atoms with E-state index in [0.717, 1.165) is 23.7 Å². The number of rotatable bonds is 2. The fraction of sp³-hybridized carbons (Fsp3) is 1.00. The van der Waals surface area contributed by atoms with Crippen molar-refractivity contribution in [3.05, 3.63) is 0 Å². The molecule has 2 saturated carbocycles. The molecule has 2 aliphatic rings. The minimum Gasteiger partial charge on any atom is -0.0776 e. The van der Waals surface area contributed by atoms with Crippen LogP contribution in [-0.4, -0.2) is 0 Å². The standard InChI is InChI=1S/C15H28.CH4/c1-12-3-7-14(8-4-12)11-15-9-5-13(2)6-10-15;/h12-15H,3-11H2,1-2H3;1H4. The highest BCUT2D eigenvalue weighted by Crippen LogP contribution is 2.37. The first-order valence-electron chi connectivity index (χ1n) is 7.24. The summed E-state index contributed by atoms with van der Waals surface area (Å²) in [6, 6.07) is 0. The Balaban J connectivity index is 0.00000128. The summed E-state index contributed by atoms with van der Waals surface area (Å²) in [7, 11) is 0. The Labute approximate surface area is 103 Å². The number of hydrogen-bond acceptors (Lipinski definition) is 0. The number of hydrogen-bond donors (Lipinski definition) is 0. The van der Waals surface area contributed by atoms with E-state index in [0.29, 0.717) is 0 Å².